The van der Waals surface area contributed by atoms with Gasteiger partial charge in [-0.3, -0.25) is 14.5 Å². The molecule has 2 fully saturated rings. The van der Waals surface area contributed by atoms with Crippen LogP contribution < -0.4 is 5.32 Å². The van der Waals surface area contributed by atoms with E-state index < -0.39 is 5.97 Å². The van der Waals surface area contributed by atoms with Crippen LogP contribution in [0.3, 0.4) is 0 Å². The summed E-state index contributed by atoms with van der Waals surface area (Å²) >= 11 is 0. The molecule has 5 heteroatoms. The van der Waals surface area contributed by atoms with E-state index in [1.807, 2.05) is 6.92 Å². The van der Waals surface area contributed by atoms with E-state index in [4.69, 9.17) is 5.11 Å². The second kappa shape index (κ2) is 4.41. The number of likely N-dealkylation sites (tertiary alicyclic amines) is 1. The van der Waals surface area contributed by atoms with Crippen molar-refractivity contribution >= 4 is 11.9 Å². The molecule has 0 saturated carbocycles. The third-order valence-corrected chi connectivity index (χ3v) is 3.74. The minimum Gasteiger partial charge on any atom is -0.481 e. The number of carbonyl (C=O) groups is 2. The normalized spacial score (nSPS) is 35.3. The van der Waals surface area contributed by atoms with Crippen LogP contribution in [0, 0.1) is 5.92 Å². The first-order chi connectivity index (χ1) is 7.58. The summed E-state index contributed by atoms with van der Waals surface area (Å²) in [6.07, 6.45) is 2.20. The van der Waals surface area contributed by atoms with Gasteiger partial charge in [-0.1, -0.05) is 0 Å². The Bertz CT molecular complexity index is 306. The van der Waals surface area contributed by atoms with Gasteiger partial charge < -0.3 is 10.4 Å². The lowest BCUT2D eigenvalue weighted by molar-refractivity contribution is -0.142. The SMILES string of the molecule is CC1C(C(=O)O)CCN1CC1CCC(=O)N1. The molecule has 0 radical (unpaired) electrons. The van der Waals surface area contributed by atoms with E-state index in [0.717, 1.165) is 25.9 Å². The molecule has 0 spiro atoms. The van der Waals surface area contributed by atoms with Gasteiger partial charge in [-0.15, -0.1) is 0 Å². The summed E-state index contributed by atoms with van der Waals surface area (Å²) in [5.74, 6) is -0.839. The summed E-state index contributed by atoms with van der Waals surface area (Å²) < 4.78 is 0. The summed E-state index contributed by atoms with van der Waals surface area (Å²) in [5, 5.41) is 11.9. The average molecular weight is 226 g/mol. The number of amides is 1. The maximum absolute atomic E-state index is 11.1. The van der Waals surface area contributed by atoms with E-state index in [-0.39, 0.29) is 23.9 Å². The molecule has 16 heavy (non-hydrogen) atoms. The Labute approximate surface area is 94.8 Å². The second-order valence-corrected chi connectivity index (χ2v) is 4.77. The molecule has 0 aromatic rings. The number of carboxylic acids is 1. The predicted molar refractivity (Wildman–Crippen MR) is 57.9 cm³/mol. The Morgan fingerprint density at radius 2 is 2.31 bits per heavy atom. The highest BCUT2D eigenvalue weighted by Gasteiger charge is 2.37. The Hall–Kier alpha value is -1.10. The van der Waals surface area contributed by atoms with E-state index >= 15 is 0 Å². The molecule has 2 saturated heterocycles. The maximum atomic E-state index is 11.1. The van der Waals surface area contributed by atoms with Crippen molar-refractivity contribution in [2.24, 2.45) is 5.92 Å². The monoisotopic (exact) mass is 226 g/mol. The van der Waals surface area contributed by atoms with E-state index in [9.17, 15) is 9.59 Å². The fraction of sp³-hybridized carbons (Fsp3) is 0.818. The Balaban J connectivity index is 1.87. The van der Waals surface area contributed by atoms with E-state index in [0.29, 0.717) is 6.42 Å². The minimum absolute atomic E-state index is 0.0787. The number of hydrogen-bond donors (Lipinski definition) is 2. The number of hydrogen-bond acceptors (Lipinski definition) is 3. The van der Waals surface area contributed by atoms with Gasteiger partial charge in [0, 0.05) is 25.0 Å². The van der Waals surface area contributed by atoms with Gasteiger partial charge in [0.25, 0.3) is 0 Å². The lowest BCUT2D eigenvalue weighted by Gasteiger charge is -2.25. The summed E-state index contributed by atoms with van der Waals surface area (Å²) in [7, 11) is 0. The van der Waals surface area contributed by atoms with Crippen molar-refractivity contribution < 1.29 is 14.7 Å². The maximum Gasteiger partial charge on any atom is 0.308 e. The summed E-state index contributed by atoms with van der Waals surface area (Å²) in [6, 6.07) is 0.289. The Kier molecular flexibility index (Phi) is 3.14. The predicted octanol–water partition coefficient (Wildman–Crippen LogP) is 0.0600. The largest absolute Gasteiger partial charge is 0.481 e. The molecule has 0 aromatic carbocycles. The Morgan fingerprint density at radius 1 is 1.56 bits per heavy atom. The van der Waals surface area contributed by atoms with Crippen LogP contribution in [0.25, 0.3) is 0 Å². The molecule has 3 unspecified atom stereocenters. The third-order valence-electron chi connectivity index (χ3n) is 3.74. The molecule has 3 atom stereocenters. The van der Waals surface area contributed by atoms with Gasteiger partial charge in [-0.2, -0.15) is 0 Å². The van der Waals surface area contributed by atoms with Gasteiger partial charge in [0.2, 0.25) is 5.91 Å². The first kappa shape index (κ1) is 11.4. The van der Waals surface area contributed by atoms with Crippen LogP contribution in [0.2, 0.25) is 0 Å². The fourth-order valence-electron chi connectivity index (χ4n) is 2.69. The van der Waals surface area contributed by atoms with Crippen LogP contribution in [-0.2, 0) is 9.59 Å². The van der Waals surface area contributed by atoms with Gasteiger partial charge in [0.1, 0.15) is 0 Å². The topological polar surface area (TPSA) is 69.6 Å². The van der Waals surface area contributed by atoms with E-state index in [1.54, 1.807) is 0 Å². The molecule has 90 valence electrons. The van der Waals surface area contributed by atoms with Crippen molar-refractivity contribution in [1.29, 1.82) is 0 Å². The van der Waals surface area contributed by atoms with Crippen molar-refractivity contribution in [2.75, 3.05) is 13.1 Å². The number of rotatable bonds is 3. The van der Waals surface area contributed by atoms with Crippen molar-refractivity contribution in [1.82, 2.24) is 10.2 Å². The first-order valence-electron chi connectivity index (χ1n) is 5.84. The fourth-order valence-corrected chi connectivity index (χ4v) is 2.69. The number of aliphatic carboxylic acids is 1. The summed E-state index contributed by atoms with van der Waals surface area (Å²) in [5.41, 5.74) is 0. The van der Waals surface area contributed by atoms with Crippen LogP contribution in [0.15, 0.2) is 0 Å². The number of nitrogens with one attached hydrogen (secondary N) is 1. The zero-order chi connectivity index (χ0) is 11.7. The molecule has 5 nitrogen and oxygen atoms in total. The molecule has 2 aliphatic rings. The van der Waals surface area contributed by atoms with E-state index in [1.165, 1.54) is 0 Å². The van der Waals surface area contributed by atoms with Crippen LogP contribution in [0.1, 0.15) is 26.2 Å². The zero-order valence-corrected chi connectivity index (χ0v) is 9.48. The molecular weight excluding hydrogens is 208 g/mol. The quantitative estimate of drug-likeness (QED) is 0.714. The molecule has 1 amide bonds. The second-order valence-electron chi connectivity index (χ2n) is 4.77. The highest BCUT2D eigenvalue weighted by Crippen LogP contribution is 2.25. The summed E-state index contributed by atoms with van der Waals surface area (Å²) in [4.78, 5) is 24.2. The number of carboxylic acid groups (broad SMARTS) is 1. The molecule has 2 heterocycles. The third kappa shape index (κ3) is 2.19. The van der Waals surface area contributed by atoms with E-state index in [2.05, 4.69) is 10.2 Å². The van der Waals surface area contributed by atoms with Crippen molar-refractivity contribution in [2.45, 2.75) is 38.3 Å². The van der Waals surface area contributed by atoms with Gasteiger partial charge in [-0.25, -0.2) is 0 Å². The molecule has 0 aromatic heterocycles. The van der Waals surface area contributed by atoms with Crippen LogP contribution in [0.5, 0.6) is 0 Å². The van der Waals surface area contributed by atoms with Crippen LogP contribution in [-0.4, -0.2) is 47.1 Å². The number of nitrogens with zero attached hydrogens (tertiary/aromatic N) is 1. The number of carbonyl (C=O) groups excluding carboxylic acids is 1. The van der Waals surface area contributed by atoms with Gasteiger partial charge in [-0.05, 0) is 26.3 Å². The first-order valence-corrected chi connectivity index (χ1v) is 5.84. The Morgan fingerprint density at radius 3 is 2.81 bits per heavy atom. The molecule has 0 bridgehead atoms. The van der Waals surface area contributed by atoms with Crippen LogP contribution in [0.4, 0.5) is 0 Å². The molecule has 2 rings (SSSR count). The average Bonchev–Trinajstić information content (AvgIpc) is 2.76. The lowest BCUT2D eigenvalue weighted by Crippen LogP contribution is -2.42. The molecular formula is C11H18N2O3. The standard InChI is InChI=1S/C11H18N2O3/c1-7-9(11(15)16)4-5-13(7)6-8-2-3-10(14)12-8/h7-9H,2-6H2,1H3,(H,12,14)(H,15,16). The molecule has 2 N–H and O–H groups in total. The van der Waals surface area contributed by atoms with Gasteiger partial charge in [0.05, 0.1) is 5.92 Å². The smallest absolute Gasteiger partial charge is 0.308 e. The molecule has 2 aliphatic heterocycles. The molecule has 0 aliphatic carbocycles. The van der Waals surface area contributed by atoms with Crippen molar-refractivity contribution in [3.05, 3.63) is 0 Å². The zero-order valence-electron chi connectivity index (χ0n) is 9.48. The minimum atomic E-state index is -0.703. The lowest BCUT2D eigenvalue weighted by atomic mass is 10.0. The van der Waals surface area contributed by atoms with Crippen LogP contribution >= 0.6 is 0 Å². The highest BCUT2D eigenvalue weighted by molar-refractivity contribution is 5.78. The summed E-state index contributed by atoms with van der Waals surface area (Å²) in [6.45, 7) is 3.57. The van der Waals surface area contributed by atoms with Crippen molar-refractivity contribution in [3.63, 3.8) is 0 Å². The van der Waals surface area contributed by atoms with Gasteiger partial charge in [0.15, 0.2) is 0 Å². The highest BCUT2D eigenvalue weighted by atomic mass is 16.4. The van der Waals surface area contributed by atoms with Gasteiger partial charge >= 0.3 is 5.97 Å². The van der Waals surface area contributed by atoms with Crippen molar-refractivity contribution in [3.8, 4) is 0 Å².